The van der Waals surface area contributed by atoms with Crippen molar-refractivity contribution >= 4 is 35.1 Å². The first-order valence-electron chi connectivity index (χ1n) is 7.82. The minimum atomic E-state index is -0.148. The lowest BCUT2D eigenvalue weighted by Gasteiger charge is -2.07. The van der Waals surface area contributed by atoms with Gasteiger partial charge in [-0.25, -0.2) is 0 Å². The lowest BCUT2D eigenvalue weighted by molar-refractivity contribution is 0.103. The molecule has 2 heterocycles. The smallest absolute Gasteiger partial charge is 0.203 e. The number of furan rings is 1. The number of hydrogen-bond acceptors (Lipinski definition) is 4. The summed E-state index contributed by atoms with van der Waals surface area (Å²) in [6.07, 6.45) is 3.06. The van der Waals surface area contributed by atoms with Gasteiger partial charge in [-0.2, -0.15) is 5.10 Å². The number of allylic oxidation sites excluding steroid dienone is 1. The minimum absolute atomic E-state index is 0.148. The van der Waals surface area contributed by atoms with Crippen LogP contribution in [0.25, 0.3) is 6.08 Å². The van der Waals surface area contributed by atoms with E-state index in [2.05, 4.69) is 5.10 Å². The first kappa shape index (κ1) is 18.3. The zero-order chi connectivity index (χ0) is 18.7. The van der Waals surface area contributed by atoms with Crippen molar-refractivity contribution in [2.75, 3.05) is 0 Å². The Labute approximate surface area is 160 Å². The number of para-hydroxylation sites is 1. The molecule has 0 atom stereocenters. The van der Waals surface area contributed by atoms with Gasteiger partial charge in [-0.15, -0.1) is 0 Å². The first-order chi connectivity index (χ1) is 12.4. The fourth-order valence-electron chi connectivity index (χ4n) is 2.41. The Morgan fingerprint density at radius 1 is 1.27 bits per heavy atom. The number of nitrogens with zero attached hydrogens (tertiary/aromatic N) is 2. The summed E-state index contributed by atoms with van der Waals surface area (Å²) in [5.74, 6) is 1.39. The number of carbonyl (C=O) groups excluding carboxylic acids is 1. The third-order valence-corrected chi connectivity index (χ3v) is 4.21. The quantitative estimate of drug-likeness (QED) is 0.433. The molecule has 1 aromatic carbocycles. The van der Waals surface area contributed by atoms with Crippen LogP contribution in [-0.2, 0) is 13.7 Å². The average Bonchev–Trinajstić information content (AvgIpc) is 3.18. The molecule has 0 saturated carbocycles. The normalized spacial score (nSPS) is 11.2. The minimum Gasteiger partial charge on any atom is -0.483 e. The third kappa shape index (κ3) is 4.18. The van der Waals surface area contributed by atoms with Crippen molar-refractivity contribution in [3.8, 4) is 5.75 Å². The van der Waals surface area contributed by atoms with Crippen LogP contribution in [-0.4, -0.2) is 15.6 Å². The fourth-order valence-corrected chi connectivity index (χ4v) is 2.92. The number of ether oxygens (including phenoxy) is 1. The van der Waals surface area contributed by atoms with Gasteiger partial charge in [0.15, 0.2) is 5.75 Å². The lowest BCUT2D eigenvalue weighted by Crippen LogP contribution is -2.03. The summed E-state index contributed by atoms with van der Waals surface area (Å²) >= 11 is 12.1. The second-order valence-corrected chi connectivity index (χ2v) is 6.45. The van der Waals surface area contributed by atoms with E-state index in [4.69, 9.17) is 32.4 Å². The standard InChI is InChI=1S/C19H16Cl2N2O3/c1-12-10-17(23(2)22-12)18(24)9-8-13-6-7-14(26-13)11-25-19-15(20)4-3-5-16(19)21/h3-10H,11H2,1-2H3. The van der Waals surface area contributed by atoms with E-state index < -0.39 is 0 Å². The fraction of sp³-hybridized carbons (Fsp3) is 0.158. The van der Waals surface area contributed by atoms with Gasteiger partial charge in [-0.05, 0) is 49.4 Å². The van der Waals surface area contributed by atoms with Crippen molar-refractivity contribution in [2.45, 2.75) is 13.5 Å². The molecule has 0 N–H and O–H groups in total. The lowest BCUT2D eigenvalue weighted by atomic mass is 10.2. The van der Waals surface area contributed by atoms with E-state index in [-0.39, 0.29) is 12.4 Å². The molecule has 0 bridgehead atoms. The molecule has 0 unspecified atom stereocenters. The van der Waals surface area contributed by atoms with Crippen LogP contribution in [0, 0.1) is 6.92 Å². The van der Waals surface area contributed by atoms with E-state index in [0.717, 1.165) is 5.69 Å². The van der Waals surface area contributed by atoms with E-state index in [9.17, 15) is 4.79 Å². The molecule has 0 spiro atoms. The predicted molar refractivity (Wildman–Crippen MR) is 101 cm³/mol. The summed E-state index contributed by atoms with van der Waals surface area (Å²) in [6, 6.07) is 10.4. The van der Waals surface area contributed by atoms with Crippen molar-refractivity contribution < 1.29 is 13.9 Å². The van der Waals surface area contributed by atoms with Gasteiger partial charge < -0.3 is 9.15 Å². The van der Waals surface area contributed by atoms with Gasteiger partial charge in [-0.1, -0.05) is 29.3 Å². The number of ketones is 1. The van der Waals surface area contributed by atoms with Crippen molar-refractivity contribution in [3.05, 3.63) is 75.4 Å². The van der Waals surface area contributed by atoms with Crippen molar-refractivity contribution in [2.24, 2.45) is 7.05 Å². The zero-order valence-corrected chi connectivity index (χ0v) is 15.7. The van der Waals surface area contributed by atoms with Gasteiger partial charge in [0, 0.05) is 7.05 Å². The van der Waals surface area contributed by atoms with Crippen LogP contribution in [0.1, 0.15) is 27.7 Å². The molecule has 134 valence electrons. The maximum atomic E-state index is 12.2. The van der Waals surface area contributed by atoms with Crippen LogP contribution in [0.5, 0.6) is 5.75 Å². The summed E-state index contributed by atoms with van der Waals surface area (Å²) in [5.41, 5.74) is 1.31. The Balaban J connectivity index is 1.64. The number of carbonyl (C=O) groups is 1. The molecule has 0 aliphatic heterocycles. The molecule has 0 amide bonds. The summed E-state index contributed by atoms with van der Waals surface area (Å²) in [6.45, 7) is 2.01. The van der Waals surface area contributed by atoms with Gasteiger partial charge in [-0.3, -0.25) is 9.48 Å². The molecular weight excluding hydrogens is 375 g/mol. The first-order valence-corrected chi connectivity index (χ1v) is 8.58. The molecule has 0 fully saturated rings. The molecular formula is C19H16Cl2N2O3. The number of hydrogen-bond donors (Lipinski definition) is 0. The summed E-state index contributed by atoms with van der Waals surface area (Å²) in [4.78, 5) is 12.2. The van der Waals surface area contributed by atoms with E-state index >= 15 is 0 Å². The van der Waals surface area contributed by atoms with E-state index in [1.165, 1.54) is 6.08 Å². The molecule has 0 saturated heterocycles. The summed E-state index contributed by atoms with van der Waals surface area (Å²) in [7, 11) is 1.73. The van der Waals surface area contributed by atoms with Gasteiger partial charge in [0.25, 0.3) is 0 Å². The second kappa shape index (κ2) is 7.81. The molecule has 0 aliphatic carbocycles. The summed E-state index contributed by atoms with van der Waals surface area (Å²) in [5, 5.41) is 5.02. The molecule has 3 aromatic rings. The number of aromatic nitrogens is 2. The van der Waals surface area contributed by atoms with Crippen LogP contribution in [0.15, 0.2) is 46.9 Å². The van der Waals surface area contributed by atoms with Crippen LogP contribution in [0.4, 0.5) is 0 Å². The molecule has 0 aliphatic rings. The maximum absolute atomic E-state index is 12.2. The van der Waals surface area contributed by atoms with Crippen LogP contribution in [0.2, 0.25) is 10.0 Å². The Morgan fingerprint density at radius 3 is 2.65 bits per heavy atom. The molecule has 7 heteroatoms. The Hall–Kier alpha value is -2.50. The second-order valence-electron chi connectivity index (χ2n) is 5.64. The highest BCUT2D eigenvalue weighted by atomic mass is 35.5. The molecule has 2 aromatic heterocycles. The number of halogens is 2. The Morgan fingerprint density at radius 2 is 2.00 bits per heavy atom. The molecule has 5 nitrogen and oxygen atoms in total. The van der Waals surface area contributed by atoms with Gasteiger partial charge in [0.2, 0.25) is 5.78 Å². The van der Waals surface area contributed by atoms with Crippen LogP contribution in [0.3, 0.4) is 0 Å². The number of benzene rings is 1. The van der Waals surface area contributed by atoms with Crippen LogP contribution >= 0.6 is 23.2 Å². The van der Waals surface area contributed by atoms with Crippen molar-refractivity contribution in [1.29, 1.82) is 0 Å². The van der Waals surface area contributed by atoms with Crippen molar-refractivity contribution in [1.82, 2.24) is 9.78 Å². The zero-order valence-electron chi connectivity index (χ0n) is 14.2. The monoisotopic (exact) mass is 390 g/mol. The third-order valence-electron chi connectivity index (χ3n) is 3.61. The number of aryl methyl sites for hydroxylation is 2. The Kier molecular flexibility index (Phi) is 5.49. The Bertz CT molecular complexity index is 953. The van der Waals surface area contributed by atoms with Gasteiger partial charge in [0.05, 0.1) is 15.7 Å². The molecule has 0 radical (unpaired) electrons. The van der Waals surface area contributed by atoms with E-state index in [1.54, 1.807) is 54.2 Å². The van der Waals surface area contributed by atoms with E-state index in [0.29, 0.717) is 33.0 Å². The molecule has 26 heavy (non-hydrogen) atoms. The highest BCUT2D eigenvalue weighted by Gasteiger charge is 2.10. The van der Waals surface area contributed by atoms with Crippen molar-refractivity contribution in [3.63, 3.8) is 0 Å². The van der Waals surface area contributed by atoms with E-state index in [1.807, 2.05) is 6.92 Å². The summed E-state index contributed by atoms with van der Waals surface area (Å²) < 4.78 is 12.8. The predicted octanol–water partition coefficient (Wildman–Crippen LogP) is 5.10. The average molecular weight is 391 g/mol. The maximum Gasteiger partial charge on any atom is 0.203 e. The highest BCUT2D eigenvalue weighted by molar-refractivity contribution is 6.37. The topological polar surface area (TPSA) is 57.3 Å². The van der Waals surface area contributed by atoms with Gasteiger partial charge in [0.1, 0.15) is 23.8 Å². The SMILES string of the molecule is Cc1cc(C(=O)C=Cc2ccc(COc3c(Cl)cccc3Cl)o2)n(C)n1. The highest BCUT2D eigenvalue weighted by Crippen LogP contribution is 2.33. The van der Waals surface area contributed by atoms with Crippen LogP contribution < -0.4 is 4.74 Å². The molecule has 3 rings (SSSR count). The van der Waals surface area contributed by atoms with Gasteiger partial charge >= 0.3 is 0 Å². The number of rotatable bonds is 6. The largest absolute Gasteiger partial charge is 0.483 e.